The van der Waals surface area contributed by atoms with Gasteiger partial charge in [0.15, 0.2) is 5.69 Å². The number of carbonyl (C=O) groups excluding carboxylic acids is 1. The van der Waals surface area contributed by atoms with Crippen LogP contribution in [-0.4, -0.2) is 20.6 Å². The van der Waals surface area contributed by atoms with Gasteiger partial charge in [-0.3, -0.25) is 4.79 Å². The summed E-state index contributed by atoms with van der Waals surface area (Å²) in [5.74, 6) is -0.559. The number of aromatic hydroxyl groups is 1. The lowest BCUT2D eigenvalue weighted by molar-refractivity contribution is 0.0996. The zero-order chi connectivity index (χ0) is 23.1. The smallest absolute Gasteiger partial charge is 0.296 e. The van der Waals surface area contributed by atoms with Crippen molar-refractivity contribution in [3.63, 3.8) is 0 Å². The molecule has 0 saturated heterocycles. The molecule has 0 aliphatic heterocycles. The van der Waals surface area contributed by atoms with Crippen molar-refractivity contribution < 1.29 is 9.90 Å². The van der Waals surface area contributed by atoms with Crippen LogP contribution >= 0.6 is 15.9 Å². The lowest BCUT2D eigenvalue weighted by Crippen LogP contribution is -1.99. The van der Waals surface area contributed by atoms with Crippen molar-refractivity contribution in [1.82, 2.24) is 9.55 Å². The Morgan fingerprint density at radius 2 is 1.79 bits per heavy atom. The number of benzene rings is 3. The third-order valence-electron chi connectivity index (χ3n) is 5.61. The van der Waals surface area contributed by atoms with Crippen molar-refractivity contribution >= 4 is 49.3 Å². The molecule has 3 aromatic carbocycles. The fourth-order valence-corrected chi connectivity index (χ4v) is 4.27. The number of aromatic nitrogens is 2. The minimum absolute atomic E-state index is 0.0555. The molecule has 1 N–H and O–H groups in total. The average molecular weight is 499 g/mol. The van der Waals surface area contributed by atoms with Crippen LogP contribution < -0.4 is 0 Å². The van der Waals surface area contributed by atoms with Crippen molar-refractivity contribution in [3.05, 3.63) is 88.4 Å². The fraction of sp³-hybridized carbons (Fsp3) is 0.0769. The van der Waals surface area contributed by atoms with Gasteiger partial charge < -0.3 is 9.67 Å². The van der Waals surface area contributed by atoms with E-state index in [-0.39, 0.29) is 11.6 Å². The van der Waals surface area contributed by atoms with Crippen molar-refractivity contribution in [2.45, 2.75) is 6.92 Å². The van der Waals surface area contributed by atoms with Crippen LogP contribution in [0.4, 0.5) is 5.69 Å². The molecule has 0 radical (unpaired) electrons. The van der Waals surface area contributed by atoms with E-state index in [9.17, 15) is 9.90 Å². The number of rotatable bonds is 3. The van der Waals surface area contributed by atoms with Crippen LogP contribution in [0.15, 0.2) is 87.5 Å². The largest absolute Gasteiger partial charge is 0.493 e. The third-order valence-corrected chi connectivity index (χ3v) is 6.10. The molecule has 0 fully saturated rings. The molecule has 162 valence electrons. The van der Waals surface area contributed by atoms with Crippen LogP contribution in [0.1, 0.15) is 15.9 Å². The number of hydrogen-bond acceptors (Lipinski definition) is 4. The van der Waals surface area contributed by atoms with Gasteiger partial charge in [-0.1, -0.05) is 57.9 Å². The Labute approximate surface area is 198 Å². The highest BCUT2D eigenvalue weighted by Crippen LogP contribution is 2.39. The number of halogens is 1. The monoisotopic (exact) mass is 498 g/mol. The van der Waals surface area contributed by atoms with Crippen LogP contribution in [0.5, 0.6) is 5.88 Å². The maximum Gasteiger partial charge on any atom is 0.296 e. The minimum Gasteiger partial charge on any atom is -0.493 e. The lowest BCUT2D eigenvalue weighted by Gasteiger charge is -2.08. The normalized spacial score (nSPS) is 11.6. The summed E-state index contributed by atoms with van der Waals surface area (Å²) in [4.78, 5) is 18.0. The quantitative estimate of drug-likeness (QED) is 0.269. The first-order valence-electron chi connectivity index (χ1n) is 10.3. The van der Waals surface area contributed by atoms with Gasteiger partial charge in [0, 0.05) is 27.9 Å². The van der Waals surface area contributed by atoms with Gasteiger partial charge in [0.1, 0.15) is 0 Å². The third kappa shape index (κ3) is 3.81. The number of fused-ring (bicyclic) bond motifs is 2. The van der Waals surface area contributed by atoms with Crippen LogP contribution in [0.2, 0.25) is 0 Å². The standard InChI is InChI=1S/C26H19BrN4O2/c1-15-8-10-21-18(12-15)19(14-22(28-21)16-6-4-3-5-7-16)25(32)30-29-24-20-13-17(27)9-11-23(20)31(2)26(24)33/h3-14,33H,1-2H3. The first-order valence-corrected chi connectivity index (χ1v) is 11.1. The molecule has 0 bridgehead atoms. The highest BCUT2D eigenvalue weighted by atomic mass is 79.9. The van der Waals surface area contributed by atoms with Gasteiger partial charge in [-0.05, 0) is 43.3 Å². The SMILES string of the molecule is Cc1ccc2nc(-c3ccccc3)cc(C(=O)N=Nc3c(O)n(C)c4ccc(Br)cc34)c2c1. The molecule has 0 unspecified atom stereocenters. The Balaban J connectivity index is 1.64. The number of hydrogen-bond donors (Lipinski definition) is 1. The van der Waals surface area contributed by atoms with E-state index in [4.69, 9.17) is 4.98 Å². The van der Waals surface area contributed by atoms with E-state index in [1.165, 1.54) is 0 Å². The first-order chi connectivity index (χ1) is 15.9. The molecule has 6 nitrogen and oxygen atoms in total. The molecule has 33 heavy (non-hydrogen) atoms. The summed E-state index contributed by atoms with van der Waals surface area (Å²) in [5.41, 5.74) is 4.75. The molecule has 2 heterocycles. The van der Waals surface area contributed by atoms with E-state index in [1.54, 1.807) is 17.7 Å². The second-order valence-corrected chi connectivity index (χ2v) is 8.76. The van der Waals surface area contributed by atoms with Crippen molar-refractivity contribution in [2.75, 3.05) is 0 Å². The van der Waals surface area contributed by atoms with E-state index in [0.29, 0.717) is 27.5 Å². The Kier molecular flexibility index (Phi) is 5.26. The highest BCUT2D eigenvalue weighted by molar-refractivity contribution is 9.10. The Bertz CT molecular complexity index is 1570. The van der Waals surface area contributed by atoms with E-state index >= 15 is 0 Å². The molecule has 5 aromatic rings. The summed E-state index contributed by atoms with van der Waals surface area (Å²) in [6, 6.07) is 22.8. The van der Waals surface area contributed by atoms with Crippen LogP contribution in [0.3, 0.4) is 0 Å². The van der Waals surface area contributed by atoms with Crippen molar-refractivity contribution in [3.8, 4) is 17.1 Å². The second-order valence-electron chi connectivity index (χ2n) is 7.84. The number of azo groups is 1. The molecule has 2 aromatic heterocycles. The molecule has 0 atom stereocenters. The summed E-state index contributed by atoms with van der Waals surface area (Å²) in [5, 5.41) is 20.1. The van der Waals surface area contributed by atoms with Gasteiger partial charge in [0.25, 0.3) is 5.91 Å². The molecule has 7 heteroatoms. The van der Waals surface area contributed by atoms with Crippen LogP contribution in [0.25, 0.3) is 33.1 Å². The Morgan fingerprint density at radius 3 is 2.58 bits per heavy atom. The van der Waals surface area contributed by atoms with Gasteiger partial charge >= 0.3 is 0 Å². The van der Waals surface area contributed by atoms with Gasteiger partial charge in [-0.15, -0.1) is 10.2 Å². The number of amides is 1. The number of carbonyl (C=O) groups is 1. The molecular formula is C26H19BrN4O2. The van der Waals surface area contributed by atoms with E-state index in [0.717, 1.165) is 21.1 Å². The van der Waals surface area contributed by atoms with Crippen molar-refractivity contribution in [1.29, 1.82) is 0 Å². The molecule has 5 rings (SSSR count). The number of aryl methyl sites for hydroxylation is 2. The summed E-state index contributed by atoms with van der Waals surface area (Å²) in [6.07, 6.45) is 0. The molecule has 0 saturated carbocycles. The van der Waals surface area contributed by atoms with Crippen LogP contribution in [-0.2, 0) is 7.05 Å². The highest BCUT2D eigenvalue weighted by Gasteiger charge is 2.17. The maximum atomic E-state index is 13.3. The van der Waals surface area contributed by atoms with Gasteiger partial charge in [-0.2, -0.15) is 0 Å². The lowest BCUT2D eigenvalue weighted by atomic mass is 10.0. The van der Waals surface area contributed by atoms with Gasteiger partial charge in [0.2, 0.25) is 5.88 Å². The summed E-state index contributed by atoms with van der Waals surface area (Å²) >= 11 is 3.44. The van der Waals surface area contributed by atoms with E-state index in [2.05, 4.69) is 26.2 Å². The summed E-state index contributed by atoms with van der Waals surface area (Å²) < 4.78 is 2.45. The first kappa shape index (κ1) is 21.0. The predicted octanol–water partition coefficient (Wildman–Crippen LogP) is 7.09. The number of nitrogens with zero attached hydrogens (tertiary/aromatic N) is 4. The molecule has 0 aliphatic carbocycles. The Morgan fingerprint density at radius 1 is 1.00 bits per heavy atom. The molecule has 1 amide bonds. The van der Waals surface area contributed by atoms with Crippen LogP contribution in [0, 0.1) is 6.92 Å². The van der Waals surface area contributed by atoms with Gasteiger partial charge in [0.05, 0.1) is 22.3 Å². The summed E-state index contributed by atoms with van der Waals surface area (Å²) in [6.45, 7) is 1.96. The summed E-state index contributed by atoms with van der Waals surface area (Å²) in [7, 11) is 1.73. The number of pyridine rings is 1. The molecule has 0 spiro atoms. The molecule has 0 aliphatic rings. The average Bonchev–Trinajstić information content (AvgIpc) is 3.06. The van der Waals surface area contributed by atoms with E-state index < -0.39 is 5.91 Å². The van der Waals surface area contributed by atoms with Gasteiger partial charge in [-0.25, -0.2) is 4.98 Å². The molecular weight excluding hydrogens is 480 g/mol. The minimum atomic E-state index is -0.503. The fourth-order valence-electron chi connectivity index (χ4n) is 3.91. The Hall–Kier alpha value is -3.84. The zero-order valence-corrected chi connectivity index (χ0v) is 19.5. The zero-order valence-electron chi connectivity index (χ0n) is 18.0. The second kappa shape index (κ2) is 8.26. The topological polar surface area (TPSA) is 79.8 Å². The van der Waals surface area contributed by atoms with Crippen molar-refractivity contribution in [2.24, 2.45) is 17.3 Å². The maximum absolute atomic E-state index is 13.3. The van der Waals surface area contributed by atoms with E-state index in [1.807, 2.05) is 73.7 Å². The predicted molar refractivity (Wildman–Crippen MR) is 133 cm³/mol.